The van der Waals surface area contributed by atoms with Crippen LogP contribution in [0.4, 0.5) is 0 Å². The molecule has 17 heavy (non-hydrogen) atoms. The first-order valence-corrected chi connectivity index (χ1v) is 4.77. The summed E-state index contributed by atoms with van der Waals surface area (Å²) in [6, 6.07) is 3.74. The molecular weight excluding hydrogens is 220 g/mol. The molecule has 6 heteroatoms. The van der Waals surface area contributed by atoms with E-state index in [0.29, 0.717) is 11.4 Å². The lowest BCUT2D eigenvalue weighted by molar-refractivity contribution is 0.0697. The summed E-state index contributed by atoms with van der Waals surface area (Å²) >= 11 is 0. The van der Waals surface area contributed by atoms with Gasteiger partial charge in [0.15, 0.2) is 5.82 Å². The highest BCUT2D eigenvalue weighted by Gasteiger charge is 2.12. The molecule has 2 rings (SSSR count). The molecular formula is C11H8N4O2. The van der Waals surface area contributed by atoms with E-state index >= 15 is 0 Å². The van der Waals surface area contributed by atoms with Crippen molar-refractivity contribution in [3.05, 3.63) is 41.3 Å². The molecule has 2 aromatic rings. The Morgan fingerprint density at radius 2 is 2.35 bits per heavy atom. The molecule has 0 aliphatic heterocycles. The van der Waals surface area contributed by atoms with E-state index in [-0.39, 0.29) is 5.56 Å². The number of pyridine rings is 1. The van der Waals surface area contributed by atoms with Crippen LogP contribution < -0.4 is 0 Å². The minimum Gasteiger partial charge on any atom is -0.478 e. The number of aromatic carboxylic acids is 1. The summed E-state index contributed by atoms with van der Waals surface area (Å²) in [7, 11) is 0. The second-order valence-electron chi connectivity index (χ2n) is 3.42. The van der Waals surface area contributed by atoms with E-state index in [1.54, 1.807) is 19.2 Å². The van der Waals surface area contributed by atoms with Crippen LogP contribution in [-0.2, 0) is 0 Å². The maximum absolute atomic E-state index is 10.7. The highest BCUT2D eigenvalue weighted by atomic mass is 16.4. The van der Waals surface area contributed by atoms with Crippen molar-refractivity contribution < 1.29 is 9.90 Å². The van der Waals surface area contributed by atoms with Crippen molar-refractivity contribution >= 4 is 5.97 Å². The second-order valence-corrected chi connectivity index (χ2v) is 3.42. The number of carboxylic acids is 1. The van der Waals surface area contributed by atoms with Crippen molar-refractivity contribution in [2.24, 2.45) is 0 Å². The Labute approximate surface area is 96.8 Å². The molecule has 1 N–H and O–H groups in total. The summed E-state index contributed by atoms with van der Waals surface area (Å²) in [5, 5.41) is 21.7. The second kappa shape index (κ2) is 4.06. The fourth-order valence-corrected chi connectivity index (χ4v) is 1.40. The van der Waals surface area contributed by atoms with Crippen LogP contribution in [0.3, 0.4) is 0 Å². The number of hydrogen-bond acceptors (Lipinski definition) is 4. The predicted molar refractivity (Wildman–Crippen MR) is 57.8 cm³/mol. The third kappa shape index (κ3) is 1.86. The molecule has 0 bridgehead atoms. The summed E-state index contributed by atoms with van der Waals surface area (Å²) in [5.74, 6) is -0.734. The summed E-state index contributed by atoms with van der Waals surface area (Å²) in [6.07, 6.45) is 4.09. The van der Waals surface area contributed by atoms with E-state index in [1.165, 1.54) is 17.1 Å². The normalized spacial score (nSPS) is 9.88. The first-order valence-electron chi connectivity index (χ1n) is 4.77. The monoisotopic (exact) mass is 228 g/mol. The maximum atomic E-state index is 10.7. The van der Waals surface area contributed by atoms with Gasteiger partial charge < -0.3 is 5.11 Å². The van der Waals surface area contributed by atoms with Gasteiger partial charge in [-0.15, -0.1) is 0 Å². The van der Waals surface area contributed by atoms with Crippen molar-refractivity contribution in [3.8, 4) is 11.9 Å². The SMILES string of the molecule is Cc1ccnc(-n2cc(C(=O)O)cn2)c1C#N. The number of carboxylic acid groups (broad SMARTS) is 1. The molecule has 0 atom stereocenters. The quantitative estimate of drug-likeness (QED) is 0.832. The number of rotatable bonds is 2. The first-order chi connectivity index (χ1) is 8.13. The molecule has 0 amide bonds. The molecule has 0 aromatic carbocycles. The average molecular weight is 228 g/mol. The summed E-state index contributed by atoms with van der Waals surface area (Å²) < 4.78 is 1.29. The highest BCUT2D eigenvalue weighted by molar-refractivity contribution is 5.87. The lowest BCUT2D eigenvalue weighted by atomic mass is 10.1. The fourth-order valence-electron chi connectivity index (χ4n) is 1.40. The molecule has 2 heterocycles. The lowest BCUT2D eigenvalue weighted by Crippen LogP contribution is -2.03. The zero-order valence-corrected chi connectivity index (χ0v) is 8.95. The first kappa shape index (κ1) is 10.8. The number of nitriles is 1. The van der Waals surface area contributed by atoms with Crippen LogP contribution in [0.5, 0.6) is 0 Å². The molecule has 0 fully saturated rings. The average Bonchev–Trinajstić information content (AvgIpc) is 2.77. The van der Waals surface area contributed by atoms with Gasteiger partial charge in [0, 0.05) is 12.4 Å². The van der Waals surface area contributed by atoms with Crippen molar-refractivity contribution in [1.29, 1.82) is 5.26 Å². The van der Waals surface area contributed by atoms with Gasteiger partial charge in [0.25, 0.3) is 0 Å². The molecule has 0 unspecified atom stereocenters. The van der Waals surface area contributed by atoms with E-state index in [4.69, 9.17) is 10.4 Å². The molecule has 0 saturated carbocycles. The Balaban J connectivity index is 2.57. The van der Waals surface area contributed by atoms with Crippen LogP contribution in [0.2, 0.25) is 0 Å². The Morgan fingerprint density at radius 3 is 2.94 bits per heavy atom. The van der Waals surface area contributed by atoms with Crippen LogP contribution in [0, 0.1) is 18.3 Å². The zero-order valence-electron chi connectivity index (χ0n) is 8.95. The van der Waals surface area contributed by atoms with Gasteiger partial charge in [0.2, 0.25) is 0 Å². The third-order valence-electron chi connectivity index (χ3n) is 2.30. The lowest BCUT2D eigenvalue weighted by Gasteiger charge is -2.04. The Morgan fingerprint density at radius 1 is 1.59 bits per heavy atom. The number of hydrogen-bond donors (Lipinski definition) is 1. The van der Waals surface area contributed by atoms with E-state index in [9.17, 15) is 4.79 Å². The smallest absolute Gasteiger partial charge is 0.338 e. The number of nitrogens with zero attached hydrogens (tertiary/aromatic N) is 4. The van der Waals surface area contributed by atoms with Gasteiger partial charge in [-0.1, -0.05) is 0 Å². The van der Waals surface area contributed by atoms with Crippen LogP contribution >= 0.6 is 0 Å². The number of aromatic nitrogens is 3. The molecule has 2 aromatic heterocycles. The molecule has 0 saturated heterocycles. The van der Waals surface area contributed by atoms with Crippen LogP contribution in [0.15, 0.2) is 24.7 Å². The summed E-state index contributed by atoms with van der Waals surface area (Å²) in [4.78, 5) is 14.8. The van der Waals surface area contributed by atoms with E-state index in [1.807, 2.05) is 6.07 Å². The Hall–Kier alpha value is -2.68. The van der Waals surface area contributed by atoms with Crippen LogP contribution in [0.1, 0.15) is 21.5 Å². The van der Waals surface area contributed by atoms with Crippen molar-refractivity contribution in [1.82, 2.24) is 14.8 Å². The van der Waals surface area contributed by atoms with Gasteiger partial charge in [0.1, 0.15) is 6.07 Å². The van der Waals surface area contributed by atoms with Gasteiger partial charge in [0.05, 0.1) is 17.3 Å². The zero-order chi connectivity index (χ0) is 12.4. The summed E-state index contributed by atoms with van der Waals surface area (Å²) in [5.41, 5.74) is 1.20. The number of aryl methyl sites for hydroxylation is 1. The Bertz CT molecular complexity index is 625. The Kier molecular flexibility index (Phi) is 2.58. The highest BCUT2D eigenvalue weighted by Crippen LogP contribution is 2.14. The van der Waals surface area contributed by atoms with Crippen molar-refractivity contribution in [2.45, 2.75) is 6.92 Å². The van der Waals surface area contributed by atoms with Gasteiger partial charge in [-0.2, -0.15) is 10.4 Å². The van der Waals surface area contributed by atoms with Crippen molar-refractivity contribution in [2.75, 3.05) is 0 Å². The molecule has 0 spiro atoms. The van der Waals surface area contributed by atoms with Gasteiger partial charge in [-0.05, 0) is 18.6 Å². The number of carbonyl (C=O) groups is 1. The minimum atomic E-state index is -1.07. The molecule has 84 valence electrons. The molecule has 0 aliphatic carbocycles. The molecule has 6 nitrogen and oxygen atoms in total. The van der Waals surface area contributed by atoms with Crippen molar-refractivity contribution in [3.63, 3.8) is 0 Å². The largest absolute Gasteiger partial charge is 0.478 e. The van der Waals surface area contributed by atoms with E-state index in [0.717, 1.165) is 5.56 Å². The van der Waals surface area contributed by atoms with Gasteiger partial charge in [-0.3, -0.25) is 0 Å². The summed E-state index contributed by atoms with van der Waals surface area (Å²) in [6.45, 7) is 1.78. The molecule has 0 aliphatic rings. The standard InChI is InChI=1S/C11H8N4O2/c1-7-2-3-13-10(9(7)4-12)15-6-8(5-14-15)11(16)17/h2-3,5-6H,1H3,(H,16,17). The fraction of sp³-hybridized carbons (Fsp3) is 0.0909. The van der Waals surface area contributed by atoms with Gasteiger partial charge >= 0.3 is 5.97 Å². The minimum absolute atomic E-state index is 0.0530. The van der Waals surface area contributed by atoms with Crippen LogP contribution in [-0.4, -0.2) is 25.8 Å². The third-order valence-corrected chi connectivity index (χ3v) is 2.30. The van der Waals surface area contributed by atoms with Crippen LogP contribution in [0.25, 0.3) is 5.82 Å². The topological polar surface area (TPSA) is 91.8 Å². The van der Waals surface area contributed by atoms with E-state index < -0.39 is 5.97 Å². The molecule has 0 radical (unpaired) electrons. The predicted octanol–water partition coefficient (Wildman–Crippen LogP) is 1.15. The van der Waals surface area contributed by atoms with E-state index in [2.05, 4.69) is 10.1 Å². The van der Waals surface area contributed by atoms with Gasteiger partial charge in [-0.25, -0.2) is 14.5 Å². The maximum Gasteiger partial charge on any atom is 0.338 e.